The molecule has 2 N–H and O–H groups in total. The zero-order valence-corrected chi connectivity index (χ0v) is 12.2. The quantitative estimate of drug-likeness (QED) is 0.730. The van der Waals surface area contributed by atoms with Crippen LogP contribution >= 0.6 is 0 Å². The van der Waals surface area contributed by atoms with Gasteiger partial charge in [-0.1, -0.05) is 24.3 Å². The zero-order chi connectivity index (χ0) is 14.9. The van der Waals surface area contributed by atoms with E-state index in [1.165, 1.54) is 0 Å². The van der Waals surface area contributed by atoms with E-state index >= 15 is 0 Å². The molecule has 5 heteroatoms. The summed E-state index contributed by atoms with van der Waals surface area (Å²) in [6, 6.07) is 9.83. The predicted octanol–water partition coefficient (Wildman–Crippen LogP) is 2.74. The smallest absolute Gasteiger partial charge is 0.224 e. The van der Waals surface area contributed by atoms with Crippen LogP contribution in [0, 0.1) is 0 Å². The van der Waals surface area contributed by atoms with Crippen LogP contribution in [0.5, 0.6) is 5.75 Å². The molecule has 0 aliphatic carbocycles. The number of aromatic nitrogens is 2. The SMILES string of the molecule is C=CCNc1ccnc(NCCc2ccccc2OC)n1. The minimum absolute atomic E-state index is 0.610. The number of para-hydroxylation sites is 1. The number of nitrogens with one attached hydrogen (secondary N) is 2. The molecule has 0 spiro atoms. The first kappa shape index (κ1) is 14.8. The molecular formula is C16H20N4O. The molecule has 0 saturated heterocycles. The number of hydrogen-bond acceptors (Lipinski definition) is 5. The summed E-state index contributed by atoms with van der Waals surface area (Å²) in [4.78, 5) is 8.57. The first-order valence-corrected chi connectivity index (χ1v) is 6.87. The number of rotatable bonds is 8. The molecular weight excluding hydrogens is 264 g/mol. The number of ether oxygens (including phenoxy) is 1. The average molecular weight is 284 g/mol. The van der Waals surface area contributed by atoms with E-state index in [-0.39, 0.29) is 0 Å². The monoisotopic (exact) mass is 284 g/mol. The van der Waals surface area contributed by atoms with Gasteiger partial charge in [0.05, 0.1) is 7.11 Å². The van der Waals surface area contributed by atoms with E-state index in [1.807, 2.05) is 24.3 Å². The van der Waals surface area contributed by atoms with Crippen molar-refractivity contribution >= 4 is 11.8 Å². The van der Waals surface area contributed by atoms with E-state index in [0.29, 0.717) is 12.5 Å². The molecule has 2 aromatic rings. The van der Waals surface area contributed by atoms with Crippen molar-refractivity contribution in [1.29, 1.82) is 0 Å². The normalized spacial score (nSPS) is 9.95. The van der Waals surface area contributed by atoms with Crippen molar-refractivity contribution in [1.82, 2.24) is 9.97 Å². The van der Waals surface area contributed by atoms with Crippen LogP contribution < -0.4 is 15.4 Å². The van der Waals surface area contributed by atoms with Gasteiger partial charge in [-0.05, 0) is 24.1 Å². The maximum absolute atomic E-state index is 5.33. The molecule has 0 fully saturated rings. The second-order valence-corrected chi connectivity index (χ2v) is 4.42. The van der Waals surface area contributed by atoms with Gasteiger partial charge in [0.1, 0.15) is 11.6 Å². The fourth-order valence-electron chi connectivity index (χ4n) is 1.94. The summed E-state index contributed by atoms with van der Waals surface area (Å²) in [5.74, 6) is 2.30. The molecule has 110 valence electrons. The standard InChI is InChI=1S/C16H20N4O/c1-3-10-17-15-9-12-19-16(20-15)18-11-8-13-6-4-5-7-14(13)21-2/h3-7,9,12H,1,8,10-11H2,2H3,(H2,17,18,19,20). The summed E-state index contributed by atoms with van der Waals surface area (Å²) >= 11 is 0. The van der Waals surface area contributed by atoms with Crippen molar-refractivity contribution in [2.24, 2.45) is 0 Å². The van der Waals surface area contributed by atoms with Crippen molar-refractivity contribution in [3.05, 3.63) is 54.7 Å². The Morgan fingerprint density at radius 2 is 2.10 bits per heavy atom. The highest BCUT2D eigenvalue weighted by Crippen LogP contribution is 2.17. The van der Waals surface area contributed by atoms with E-state index in [0.717, 1.165) is 30.1 Å². The molecule has 0 unspecified atom stereocenters. The molecule has 0 bridgehead atoms. The number of nitrogens with zero attached hydrogens (tertiary/aromatic N) is 2. The van der Waals surface area contributed by atoms with Gasteiger partial charge >= 0.3 is 0 Å². The molecule has 0 atom stereocenters. The summed E-state index contributed by atoms with van der Waals surface area (Å²) < 4.78 is 5.33. The van der Waals surface area contributed by atoms with Gasteiger partial charge in [0.15, 0.2) is 0 Å². The number of hydrogen-bond donors (Lipinski definition) is 2. The Morgan fingerprint density at radius 1 is 1.24 bits per heavy atom. The molecule has 1 aromatic heterocycles. The largest absolute Gasteiger partial charge is 0.496 e. The first-order valence-electron chi connectivity index (χ1n) is 6.87. The zero-order valence-electron chi connectivity index (χ0n) is 12.2. The van der Waals surface area contributed by atoms with Gasteiger partial charge in [0.2, 0.25) is 5.95 Å². The molecule has 5 nitrogen and oxygen atoms in total. The lowest BCUT2D eigenvalue weighted by atomic mass is 10.1. The summed E-state index contributed by atoms with van der Waals surface area (Å²) in [5.41, 5.74) is 1.16. The van der Waals surface area contributed by atoms with Gasteiger partial charge in [-0.2, -0.15) is 4.98 Å². The molecule has 0 saturated carbocycles. The number of benzene rings is 1. The van der Waals surface area contributed by atoms with E-state index in [2.05, 4.69) is 33.2 Å². The summed E-state index contributed by atoms with van der Waals surface area (Å²) in [7, 11) is 1.68. The van der Waals surface area contributed by atoms with Crippen molar-refractivity contribution in [2.45, 2.75) is 6.42 Å². The van der Waals surface area contributed by atoms with Crippen LogP contribution in [-0.2, 0) is 6.42 Å². The minimum atomic E-state index is 0.610. The van der Waals surface area contributed by atoms with Gasteiger partial charge in [-0.3, -0.25) is 0 Å². The fourth-order valence-corrected chi connectivity index (χ4v) is 1.94. The molecule has 0 radical (unpaired) electrons. The van der Waals surface area contributed by atoms with Crippen LogP contribution in [0.25, 0.3) is 0 Å². The maximum Gasteiger partial charge on any atom is 0.224 e. The second-order valence-electron chi connectivity index (χ2n) is 4.42. The van der Waals surface area contributed by atoms with Crippen LogP contribution in [0.2, 0.25) is 0 Å². The maximum atomic E-state index is 5.33. The van der Waals surface area contributed by atoms with Gasteiger partial charge in [-0.25, -0.2) is 4.98 Å². The van der Waals surface area contributed by atoms with E-state index in [1.54, 1.807) is 19.4 Å². The van der Waals surface area contributed by atoms with Gasteiger partial charge in [-0.15, -0.1) is 6.58 Å². The third-order valence-corrected chi connectivity index (χ3v) is 2.95. The second kappa shape index (κ2) is 7.89. The van der Waals surface area contributed by atoms with Crippen molar-refractivity contribution in [3.63, 3.8) is 0 Å². The highest BCUT2D eigenvalue weighted by Gasteiger charge is 2.02. The summed E-state index contributed by atoms with van der Waals surface area (Å²) in [5, 5.41) is 6.35. The predicted molar refractivity (Wildman–Crippen MR) is 85.9 cm³/mol. The summed E-state index contributed by atoms with van der Waals surface area (Å²) in [6.45, 7) is 5.08. The molecule has 2 rings (SSSR count). The van der Waals surface area contributed by atoms with Crippen molar-refractivity contribution in [3.8, 4) is 5.75 Å². The Kier molecular flexibility index (Phi) is 5.58. The highest BCUT2D eigenvalue weighted by molar-refractivity contribution is 5.40. The number of methoxy groups -OCH3 is 1. The number of anilines is 2. The average Bonchev–Trinajstić information content (AvgIpc) is 2.54. The van der Waals surface area contributed by atoms with Crippen molar-refractivity contribution in [2.75, 3.05) is 30.8 Å². The van der Waals surface area contributed by atoms with E-state index in [9.17, 15) is 0 Å². The topological polar surface area (TPSA) is 59.1 Å². The molecule has 0 aliphatic heterocycles. The first-order chi connectivity index (χ1) is 10.3. The van der Waals surface area contributed by atoms with Crippen LogP contribution in [-0.4, -0.2) is 30.2 Å². The van der Waals surface area contributed by atoms with Crippen LogP contribution in [0.15, 0.2) is 49.2 Å². The Labute approximate surface area is 125 Å². The Hall–Kier alpha value is -2.56. The van der Waals surface area contributed by atoms with Gasteiger partial charge in [0, 0.05) is 19.3 Å². The Balaban J connectivity index is 1.89. The third-order valence-electron chi connectivity index (χ3n) is 2.95. The molecule has 1 heterocycles. The Morgan fingerprint density at radius 3 is 2.90 bits per heavy atom. The third kappa shape index (κ3) is 4.49. The lowest BCUT2D eigenvalue weighted by Gasteiger charge is -2.09. The minimum Gasteiger partial charge on any atom is -0.496 e. The highest BCUT2D eigenvalue weighted by atomic mass is 16.5. The van der Waals surface area contributed by atoms with Crippen LogP contribution in [0.1, 0.15) is 5.56 Å². The van der Waals surface area contributed by atoms with Gasteiger partial charge in [0.25, 0.3) is 0 Å². The molecule has 0 aliphatic rings. The lowest BCUT2D eigenvalue weighted by Crippen LogP contribution is -2.10. The van der Waals surface area contributed by atoms with E-state index < -0.39 is 0 Å². The van der Waals surface area contributed by atoms with Crippen molar-refractivity contribution < 1.29 is 4.74 Å². The van der Waals surface area contributed by atoms with Gasteiger partial charge < -0.3 is 15.4 Å². The molecule has 21 heavy (non-hydrogen) atoms. The lowest BCUT2D eigenvalue weighted by molar-refractivity contribution is 0.410. The van der Waals surface area contributed by atoms with Crippen LogP contribution in [0.3, 0.4) is 0 Å². The van der Waals surface area contributed by atoms with Crippen LogP contribution in [0.4, 0.5) is 11.8 Å². The van der Waals surface area contributed by atoms with E-state index in [4.69, 9.17) is 4.74 Å². The fraction of sp³-hybridized carbons (Fsp3) is 0.250. The molecule has 0 amide bonds. The summed E-state index contributed by atoms with van der Waals surface area (Å²) in [6.07, 6.45) is 4.36. The molecule has 1 aromatic carbocycles. The Bertz CT molecular complexity index is 586.